The van der Waals surface area contributed by atoms with Crippen molar-refractivity contribution in [3.8, 4) is 0 Å². The van der Waals surface area contributed by atoms with Crippen LogP contribution in [0.25, 0.3) is 6.08 Å². The van der Waals surface area contributed by atoms with Gasteiger partial charge >= 0.3 is 0 Å². The highest BCUT2D eigenvalue weighted by atomic mass is 16.3. The first kappa shape index (κ1) is 13.8. The van der Waals surface area contributed by atoms with E-state index in [9.17, 15) is 9.90 Å². The summed E-state index contributed by atoms with van der Waals surface area (Å²) in [6, 6.07) is 9.74. The average molecular weight is 260 g/mol. The number of hydrogen-bond acceptors (Lipinski definition) is 3. The molecule has 19 heavy (non-hydrogen) atoms. The Balaban J connectivity index is 1.82. The molecule has 1 saturated heterocycles. The van der Waals surface area contributed by atoms with Crippen molar-refractivity contribution in [2.24, 2.45) is 0 Å². The third-order valence-electron chi connectivity index (χ3n) is 3.27. The molecule has 1 aliphatic rings. The van der Waals surface area contributed by atoms with Crippen molar-refractivity contribution >= 4 is 12.0 Å². The van der Waals surface area contributed by atoms with Gasteiger partial charge in [0.2, 0.25) is 5.91 Å². The van der Waals surface area contributed by atoms with E-state index in [1.807, 2.05) is 42.5 Å². The summed E-state index contributed by atoms with van der Waals surface area (Å²) in [6.07, 6.45) is 4.08. The van der Waals surface area contributed by atoms with Crippen molar-refractivity contribution in [1.82, 2.24) is 10.2 Å². The summed E-state index contributed by atoms with van der Waals surface area (Å²) in [7, 11) is 1.78. The van der Waals surface area contributed by atoms with Gasteiger partial charge in [0.25, 0.3) is 0 Å². The summed E-state index contributed by atoms with van der Waals surface area (Å²) in [4.78, 5) is 13.7. The molecule has 2 rings (SSSR count). The molecule has 1 fully saturated rings. The van der Waals surface area contributed by atoms with E-state index in [0.717, 1.165) is 5.56 Å². The van der Waals surface area contributed by atoms with Crippen LogP contribution >= 0.6 is 0 Å². The summed E-state index contributed by atoms with van der Waals surface area (Å²) in [5.41, 5.74) is 1.12. The number of aliphatic hydroxyl groups is 1. The number of carbonyl (C=O) groups excluding carboxylic acids is 1. The Morgan fingerprint density at radius 1 is 1.47 bits per heavy atom. The number of nitrogens with one attached hydrogen (secondary N) is 1. The summed E-state index contributed by atoms with van der Waals surface area (Å²) in [6.45, 7) is 1.08. The van der Waals surface area contributed by atoms with E-state index in [0.29, 0.717) is 19.5 Å². The number of rotatable bonds is 4. The lowest BCUT2D eigenvalue weighted by Gasteiger charge is -2.19. The number of amides is 1. The standard InChI is InChI=1S/C15H20N2O2/c1-17(15(19)14-10-13(18)11-16-14)9-5-8-12-6-3-2-4-7-12/h2-8,13-14,16,18H,9-11H2,1H3/b8-5+/t13-,14-/m1/s1. The summed E-state index contributed by atoms with van der Waals surface area (Å²) >= 11 is 0. The van der Waals surface area contributed by atoms with Crippen LogP contribution in [-0.4, -0.2) is 48.2 Å². The van der Waals surface area contributed by atoms with Gasteiger partial charge in [-0.15, -0.1) is 0 Å². The van der Waals surface area contributed by atoms with Gasteiger partial charge < -0.3 is 15.3 Å². The topological polar surface area (TPSA) is 52.6 Å². The van der Waals surface area contributed by atoms with Crippen LogP contribution in [0.3, 0.4) is 0 Å². The lowest BCUT2D eigenvalue weighted by Crippen LogP contribution is -2.41. The fourth-order valence-electron chi connectivity index (χ4n) is 2.17. The number of hydrogen-bond donors (Lipinski definition) is 2. The predicted molar refractivity (Wildman–Crippen MR) is 75.5 cm³/mol. The van der Waals surface area contributed by atoms with Crippen molar-refractivity contribution in [3.63, 3.8) is 0 Å². The Hall–Kier alpha value is -1.65. The minimum atomic E-state index is -0.401. The molecule has 0 spiro atoms. The quantitative estimate of drug-likeness (QED) is 0.845. The highest BCUT2D eigenvalue weighted by Gasteiger charge is 2.29. The molecule has 1 aromatic rings. The maximum Gasteiger partial charge on any atom is 0.239 e. The lowest BCUT2D eigenvalue weighted by molar-refractivity contribution is -0.131. The maximum absolute atomic E-state index is 12.1. The molecule has 0 aliphatic carbocycles. The van der Waals surface area contributed by atoms with Gasteiger partial charge in [0, 0.05) is 20.1 Å². The average Bonchev–Trinajstić information content (AvgIpc) is 2.85. The molecule has 1 aromatic carbocycles. The number of β-amino-alcohol motifs (C(OH)–C–C–N with tert-alkyl or cyclic N) is 1. The third-order valence-corrected chi connectivity index (χ3v) is 3.27. The van der Waals surface area contributed by atoms with Gasteiger partial charge in [0.15, 0.2) is 0 Å². The third kappa shape index (κ3) is 3.91. The second-order valence-electron chi connectivity index (χ2n) is 4.88. The Morgan fingerprint density at radius 3 is 2.84 bits per heavy atom. The van der Waals surface area contributed by atoms with Crippen LogP contribution in [0.5, 0.6) is 0 Å². The second kappa shape index (κ2) is 6.50. The molecular formula is C15H20N2O2. The second-order valence-corrected chi connectivity index (χ2v) is 4.88. The van der Waals surface area contributed by atoms with E-state index < -0.39 is 6.10 Å². The number of likely N-dealkylation sites (N-methyl/N-ethyl adjacent to an activating group) is 1. The minimum Gasteiger partial charge on any atom is -0.392 e. The maximum atomic E-state index is 12.1. The largest absolute Gasteiger partial charge is 0.392 e. The minimum absolute atomic E-state index is 0.0364. The van der Waals surface area contributed by atoms with E-state index in [2.05, 4.69) is 5.32 Å². The highest BCUT2D eigenvalue weighted by molar-refractivity contribution is 5.82. The van der Waals surface area contributed by atoms with Crippen LogP contribution in [-0.2, 0) is 4.79 Å². The Labute approximate surface area is 113 Å². The van der Waals surface area contributed by atoms with E-state index in [1.165, 1.54) is 0 Å². The fraction of sp³-hybridized carbons (Fsp3) is 0.400. The first-order valence-corrected chi connectivity index (χ1v) is 6.55. The smallest absolute Gasteiger partial charge is 0.239 e. The van der Waals surface area contributed by atoms with Crippen molar-refractivity contribution < 1.29 is 9.90 Å². The van der Waals surface area contributed by atoms with Crippen molar-refractivity contribution in [2.75, 3.05) is 20.1 Å². The van der Waals surface area contributed by atoms with Gasteiger partial charge in [-0.3, -0.25) is 4.79 Å². The first-order chi connectivity index (χ1) is 9.16. The van der Waals surface area contributed by atoms with Gasteiger partial charge in [-0.1, -0.05) is 42.5 Å². The zero-order valence-corrected chi connectivity index (χ0v) is 11.1. The summed E-state index contributed by atoms with van der Waals surface area (Å²) < 4.78 is 0. The van der Waals surface area contributed by atoms with E-state index in [4.69, 9.17) is 0 Å². The monoisotopic (exact) mass is 260 g/mol. The van der Waals surface area contributed by atoms with Crippen LogP contribution in [0.1, 0.15) is 12.0 Å². The van der Waals surface area contributed by atoms with Crippen molar-refractivity contribution in [2.45, 2.75) is 18.6 Å². The van der Waals surface area contributed by atoms with Crippen LogP contribution in [0.15, 0.2) is 36.4 Å². The molecule has 1 aliphatic heterocycles. The fourth-order valence-corrected chi connectivity index (χ4v) is 2.17. The normalized spacial score (nSPS) is 22.8. The lowest BCUT2D eigenvalue weighted by atomic mass is 10.2. The van der Waals surface area contributed by atoms with Gasteiger partial charge in [0.05, 0.1) is 12.1 Å². The first-order valence-electron chi connectivity index (χ1n) is 6.55. The van der Waals surface area contributed by atoms with Crippen molar-refractivity contribution in [1.29, 1.82) is 0 Å². The molecule has 0 saturated carbocycles. The van der Waals surface area contributed by atoms with Gasteiger partial charge in [0.1, 0.15) is 0 Å². The molecule has 1 amide bonds. The van der Waals surface area contributed by atoms with E-state index in [-0.39, 0.29) is 11.9 Å². The van der Waals surface area contributed by atoms with Crippen LogP contribution < -0.4 is 5.32 Å². The SMILES string of the molecule is CN(C/C=C/c1ccccc1)C(=O)[C@H]1C[C@@H](O)CN1. The zero-order chi connectivity index (χ0) is 13.7. The molecule has 102 valence electrons. The number of aliphatic hydroxyl groups excluding tert-OH is 1. The van der Waals surface area contributed by atoms with Gasteiger partial charge in [-0.05, 0) is 12.0 Å². The number of carbonyl (C=O) groups is 1. The molecule has 0 radical (unpaired) electrons. The van der Waals surface area contributed by atoms with Crippen LogP contribution in [0, 0.1) is 0 Å². The predicted octanol–water partition coefficient (Wildman–Crippen LogP) is 0.881. The molecule has 2 N–H and O–H groups in total. The van der Waals surface area contributed by atoms with Crippen LogP contribution in [0.4, 0.5) is 0 Å². The Kier molecular flexibility index (Phi) is 4.71. The van der Waals surface area contributed by atoms with Gasteiger partial charge in [-0.25, -0.2) is 0 Å². The van der Waals surface area contributed by atoms with E-state index >= 15 is 0 Å². The molecule has 0 bridgehead atoms. The molecular weight excluding hydrogens is 240 g/mol. The highest BCUT2D eigenvalue weighted by Crippen LogP contribution is 2.09. The molecule has 2 atom stereocenters. The molecule has 4 heteroatoms. The van der Waals surface area contributed by atoms with Crippen molar-refractivity contribution in [3.05, 3.63) is 42.0 Å². The molecule has 4 nitrogen and oxygen atoms in total. The summed E-state index contributed by atoms with van der Waals surface area (Å²) in [5.74, 6) is 0.0364. The van der Waals surface area contributed by atoms with Crippen LogP contribution in [0.2, 0.25) is 0 Å². The molecule has 1 heterocycles. The molecule has 0 unspecified atom stereocenters. The number of nitrogens with zero attached hydrogens (tertiary/aromatic N) is 1. The Bertz CT molecular complexity index is 445. The Morgan fingerprint density at radius 2 is 2.21 bits per heavy atom. The van der Waals surface area contributed by atoms with Gasteiger partial charge in [-0.2, -0.15) is 0 Å². The number of benzene rings is 1. The molecule has 0 aromatic heterocycles. The summed E-state index contributed by atoms with van der Waals surface area (Å²) in [5, 5.41) is 12.4. The zero-order valence-electron chi connectivity index (χ0n) is 11.1. The van der Waals surface area contributed by atoms with E-state index in [1.54, 1.807) is 11.9 Å².